The summed E-state index contributed by atoms with van der Waals surface area (Å²) in [6.45, 7) is 0. The maximum Gasteiger partial charge on any atom is 0.247 e. The molecule has 2 aromatic carbocycles. The van der Waals surface area contributed by atoms with Gasteiger partial charge in [-0.3, -0.25) is 10.0 Å². The number of rotatable bonds is 6. The third-order valence-electron chi connectivity index (χ3n) is 3.00. The molecule has 0 aromatic heterocycles. The number of thioether (sulfide) groups is 1. The molecule has 0 bridgehead atoms. The summed E-state index contributed by atoms with van der Waals surface area (Å²) in [5.41, 5.74) is 2.86. The minimum Gasteiger partial charge on any atom is -0.289 e. The van der Waals surface area contributed by atoms with Gasteiger partial charge in [-0.05, 0) is 24.1 Å². The number of hydrogen-bond acceptors (Lipinski definition) is 3. The quantitative estimate of drug-likeness (QED) is 0.487. The molecule has 104 valence electrons. The lowest BCUT2D eigenvalue weighted by atomic mass is 10.0. The third kappa shape index (κ3) is 4.40. The zero-order chi connectivity index (χ0) is 14.2. The Labute approximate surface area is 123 Å². The molecule has 0 radical (unpaired) electrons. The second-order valence-electron chi connectivity index (χ2n) is 4.49. The van der Waals surface area contributed by atoms with Gasteiger partial charge in [0.1, 0.15) is 0 Å². The Balaban J connectivity index is 1.99. The first-order chi connectivity index (χ1) is 9.79. The molecule has 0 spiro atoms. The van der Waals surface area contributed by atoms with Crippen molar-refractivity contribution >= 4 is 17.7 Å². The number of hydrogen-bond donors (Lipinski definition) is 2. The van der Waals surface area contributed by atoms with Crippen molar-refractivity contribution in [2.24, 2.45) is 5.92 Å². The largest absolute Gasteiger partial charge is 0.289 e. The molecule has 0 heterocycles. The summed E-state index contributed by atoms with van der Waals surface area (Å²) >= 11 is 1.62. The van der Waals surface area contributed by atoms with E-state index in [2.05, 4.69) is 0 Å². The number of nitrogens with one attached hydrogen (secondary N) is 1. The van der Waals surface area contributed by atoms with E-state index in [1.807, 2.05) is 60.7 Å². The highest BCUT2D eigenvalue weighted by Gasteiger charge is 2.18. The summed E-state index contributed by atoms with van der Waals surface area (Å²) in [4.78, 5) is 12.9. The average Bonchev–Trinajstić information content (AvgIpc) is 2.52. The average molecular weight is 287 g/mol. The van der Waals surface area contributed by atoms with Gasteiger partial charge in [-0.2, -0.15) is 0 Å². The maximum atomic E-state index is 11.8. The molecule has 1 atom stereocenters. The van der Waals surface area contributed by atoms with Crippen LogP contribution in [0.1, 0.15) is 5.56 Å². The monoisotopic (exact) mass is 287 g/mol. The molecule has 2 aromatic rings. The fraction of sp³-hybridized carbons (Fsp3) is 0.188. The van der Waals surface area contributed by atoms with Crippen LogP contribution in [0.3, 0.4) is 0 Å². The van der Waals surface area contributed by atoms with Crippen LogP contribution in [-0.4, -0.2) is 16.9 Å². The minimum absolute atomic E-state index is 0.257. The molecule has 0 saturated heterocycles. The molecule has 2 rings (SSSR count). The fourth-order valence-electron chi connectivity index (χ4n) is 1.93. The summed E-state index contributed by atoms with van der Waals surface area (Å²) in [6.07, 6.45) is 0.618. The number of benzene rings is 2. The van der Waals surface area contributed by atoms with Crippen LogP contribution in [0.5, 0.6) is 0 Å². The van der Waals surface area contributed by atoms with Crippen molar-refractivity contribution in [1.29, 1.82) is 0 Å². The van der Waals surface area contributed by atoms with E-state index in [1.165, 1.54) is 0 Å². The van der Waals surface area contributed by atoms with Crippen LogP contribution in [0.4, 0.5) is 0 Å². The van der Waals surface area contributed by atoms with Gasteiger partial charge < -0.3 is 0 Å². The number of carbonyl (C=O) groups excluding carboxylic acids is 1. The number of amides is 1. The van der Waals surface area contributed by atoms with Crippen molar-refractivity contribution < 1.29 is 10.0 Å². The van der Waals surface area contributed by atoms with E-state index < -0.39 is 0 Å². The van der Waals surface area contributed by atoms with Gasteiger partial charge in [-0.25, -0.2) is 5.48 Å². The van der Waals surface area contributed by atoms with E-state index in [9.17, 15) is 4.79 Å². The van der Waals surface area contributed by atoms with Crippen LogP contribution >= 0.6 is 11.8 Å². The van der Waals surface area contributed by atoms with E-state index in [4.69, 9.17) is 5.21 Å². The summed E-state index contributed by atoms with van der Waals surface area (Å²) in [5.74, 6) is 0.0376. The van der Waals surface area contributed by atoms with Crippen LogP contribution in [0, 0.1) is 5.92 Å². The van der Waals surface area contributed by atoms with E-state index in [1.54, 1.807) is 17.2 Å². The smallest absolute Gasteiger partial charge is 0.247 e. The van der Waals surface area contributed by atoms with Crippen LogP contribution in [0.15, 0.2) is 65.6 Å². The van der Waals surface area contributed by atoms with Crippen molar-refractivity contribution in [3.05, 3.63) is 66.2 Å². The van der Waals surface area contributed by atoms with E-state index in [0.717, 1.165) is 10.5 Å². The predicted octanol–water partition coefficient (Wildman–Crippen LogP) is 3.14. The third-order valence-corrected chi connectivity index (χ3v) is 4.17. The lowest BCUT2D eigenvalue weighted by Gasteiger charge is -2.14. The summed E-state index contributed by atoms with van der Waals surface area (Å²) in [6, 6.07) is 19.8. The molecule has 0 saturated carbocycles. The second-order valence-corrected chi connectivity index (χ2v) is 5.58. The van der Waals surface area contributed by atoms with Gasteiger partial charge in [0.05, 0.1) is 5.92 Å². The van der Waals surface area contributed by atoms with E-state index in [-0.39, 0.29) is 11.8 Å². The van der Waals surface area contributed by atoms with Gasteiger partial charge in [0, 0.05) is 10.6 Å². The molecule has 0 aliphatic carbocycles. The van der Waals surface area contributed by atoms with Gasteiger partial charge >= 0.3 is 0 Å². The molecular formula is C16H17NO2S. The lowest BCUT2D eigenvalue weighted by molar-refractivity contribution is -0.132. The van der Waals surface area contributed by atoms with Crippen molar-refractivity contribution in [2.45, 2.75) is 11.3 Å². The van der Waals surface area contributed by atoms with Crippen LogP contribution in [0.2, 0.25) is 0 Å². The van der Waals surface area contributed by atoms with Crippen LogP contribution in [0.25, 0.3) is 0 Å². The van der Waals surface area contributed by atoms with Crippen molar-refractivity contribution in [1.82, 2.24) is 5.48 Å². The molecular weight excluding hydrogens is 270 g/mol. The zero-order valence-corrected chi connectivity index (χ0v) is 11.8. The van der Waals surface area contributed by atoms with Gasteiger partial charge in [0.25, 0.3) is 0 Å². The molecule has 4 heteroatoms. The Hall–Kier alpha value is -1.78. The molecule has 0 aliphatic rings. The highest BCUT2D eigenvalue weighted by atomic mass is 32.2. The minimum atomic E-state index is -0.336. The summed E-state index contributed by atoms with van der Waals surface area (Å²) < 4.78 is 0. The predicted molar refractivity (Wildman–Crippen MR) is 80.7 cm³/mol. The molecule has 1 unspecified atom stereocenters. The fourth-order valence-corrected chi connectivity index (χ4v) is 2.94. The molecule has 20 heavy (non-hydrogen) atoms. The van der Waals surface area contributed by atoms with Gasteiger partial charge in [0.15, 0.2) is 0 Å². The van der Waals surface area contributed by atoms with E-state index >= 15 is 0 Å². The van der Waals surface area contributed by atoms with Gasteiger partial charge in [0.2, 0.25) is 5.91 Å². The SMILES string of the molecule is O=C(NO)C(CSc1ccccc1)Cc1ccccc1. The Bertz CT molecular complexity index is 531. The molecule has 3 nitrogen and oxygen atoms in total. The molecule has 0 aliphatic heterocycles. The zero-order valence-electron chi connectivity index (χ0n) is 11.0. The van der Waals surface area contributed by atoms with Gasteiger partial charge in [-0.15, -0.1) is 11.8 Å². The highest BCUT2D eigenvalue weighted by Crippen LogP contribution is 2.22. The lowest BCUT2D eigenvalue weighted by Crippen LogP contribution is -2.31. The van der Waals surface area contributed by atoms with Crippen molar-refractivity contribution in [3.8, 4) is 0 Å². The first-order valence-corrected chi connectivity index (χ1v) is 7.44. The Morgan fingerprint density at radius 3 is 2.25 bits per heavy atom. The Kier molecular flexibility index (Phi) is 5.65. The standard InChI is InChI=1S/C16H17NO2S/c18-16(17-19)14(11-13-7-3-1-4-8-13)12-20-15-9-5-2-6-10-15/h1-10,14,19H,11-12H2,(H,17,18). The first kappa shape index (κ1) is 14.6. The topological polar surface area (TPSA) is 49.3 Å². The molecule has 0 fully saturated rings. The van der Waals surface area contributed by atoms with Crippen LogP contribution < -0.4 is 5.48 Å². The molecule has 2 N–H and O–H groups in total. The summed E-state index contributed by atoms with van der Waals surface area (Å²) in [7, 11) is 0. The van der Waals surface area contributed by atoms with Gasteiger partial charge in [-0.1, -0.05) is 48.5 Å². The Morgan fingerprint density at radius 2 is 1.65 bits per heavy atom. The van der Waals surface area contributed by atoms with Crippen molar-refractivity contribution in [2.75, 3.05) is 5.75 Å². The second kappa shape index (κ2) is 7.72. The normalized spacial score (nSPS) is 11.8. The first-order valence-electron chi connectivity index (χ1n) is 6.45. The highest BCUT2D eigenvalue weighted by molar-refractivity contribution is 7.99. The van der Waals surface area contributed by atoms with E-state index in [0.29, 0.717) is 12.2 Å². The molecule has 1 amide bonds. The van der Waals surface area contributed by atoms with Crippen molar-refractivity contribution in [3.63, 3.8) is 0 Å². The Morgan fingerprint density at radius 1 is 1.05 bits per heavy atom. The number of carbonyl (C=O) groups is 1. The summed E-state index contributed by atoms with van der Waals surface area (Å²) in [5, 5.41) is 8.87. The maximum absolute atomic E-state index is 11.8. The number of hydroxylamine groups is 1. The van der Waals surface area contributed by atoms with Crippen LogP contribution in [-0.2, 0) is 11.2 Å².